The predicted molar refractivity (Wildman–Crippen MR) is 81.0 cm³/mol. The molecule has 2 unspecified atom stereocenters. The summed E-state index contributed by atoms with van der Waals surface area (Å²) >= 11 is 0. The van der Waals surface area contributed by atoms with Crippen molar-refractivity contribution in [1.29, 1.82) is 0 Å². The maximum Gasteiger partial charge on any atom is 0.263 e. The summed E-state index contributed by atoms with van der Waals surface area (Å²) in [6.07, 6.45) is 1.69. The van der Waals surface area contributed by atoms with Crippen LogP contribution in [0, 0.1) is 5.92 Å². The molecule has 0 aliphatic carbocycles. The summed E-state index contributed by atoms with van der Waals surface area (Å²) in [7, 11) is 0. The second kappa shape index (κ2) is 6.64. The highest BCUT2D eigenvalue weighted by Crippen LogP contribution is 2.28. The van der Waals surface area contributed by atoms with Crippen molar-refractivity contribution >= 4 is 11.6 Å². The average Bonchev–Trinajstić information content (AvgIpc) is 2.48. The van der Waals surface area contributed by atoms with Crippen LogP contribution >= 0.6 is 0 Å². The Morgan fingerprint density at radius 1 is 1.40 bits per heavy atom. The van der Waals surface area contributed by atoms with Crippen LogP contribution in [0.2, 0.25) is 0 Å². The maximum atomic E-state index is 12.3. The van der Waals surface area contributed by atoms with E-state index < -0.39 is 6.10 Å². The third kappa shape index (κ3) is 3.24. The Bertz CT molecular complexity index is 458. The monoisotopic (exact) mass is 276 g/mol. The molecule has 1 aromatic rings. The van der Waals surface area contributed by atoms with Crippen LogP contribution in [0.4, 0.5) is 5.69 Å². The fraction of sp³-hybridized carbons (Fsp3) is 0.562. The second-order valence-electron chi connectivity index (χ2n) is 5.36. The van der Waals surface area contributed by atoms with Crippen LogP contribution < -0.4 is 15.4 Å². The van der Waals surface area contributed by atoms with Gasteiger partial charge in [0.05, 0.1) is 12.2 Å². The van der Waals surface area contributed by atoms with Crippen molar-refractivity contribution in [3.05, 3.63) is 24.3 Å². The molecule has 20 heavy (non-hydrogen) atoms. The minimum Gasteiger partial charge on any atom is -0.477 e. The molecule has 1 aromatic carbocycles. The molecule has 0 spiro atoms. The normalized spacial score (nSPS) is 18.7. The van der Waals surface area contributed by atoms with E-state index in [4.69, 9.17) is 4.74 Å². The minimum atomic E-state index is -0.457. The molecule has 4 nitrogen and oxygen atoms in total. The minimum absolute atomic E-state index is 0.0357. The molecular weight excluding hydrogens is 252 g/mol. The number of carbonyl (C=O) groups excluding carboxylic acids is 1. The van der Waals surface area contributed by atoms with E-state index in [1.165, 1.54) is 0 Å². The topological polar surface area (TPSA) is 50.4 Å². The van der Waals surface area contributed by atoms with Crippen molar-refractivity contribution in [3.63, 3.8) is 0 Å². The summed E-state index contributed by atoms with van der Waals surface area (Å²) in [5.41, 5.74) is 0.949. The molecule has 0 radical (unpaired) electrons. The van der Waals surface area contributed by atoms with Gasteiger partial charge in [0.25, 0.3) is 5.91 Å². The van der Waals surface area contributed by atoms with Gasteiger partial charge >= 0.3 is 0 Å². The summed E-state index contributed by atoms with van der Waals surface area (Å²) in [6, 6.07) is 7.87. The largest absolute Gasteiger partial charge is 0.477 e. The van der Waals surface area contributed by atoms with Gasteiger partial charge in [-0.1, -0.05) is 38.8 Å². The Kier molecular flexibility index (Phi) is 4.88. The highest BCUT2D eigenvalue weighted by molar-refractivity contribution is 5.83. The SMILES string of the molecule is CCC(CC)C(C)NC(=O)C1CNc2ccccc2O1. The second-order valence-corrected chi connectivity index (χ2v) is 5.36. The molecular formula is C16H24N2O2. The quantitative estimate of drug-likeness (QED) is 0.869. The van der Waals surface area contributed by atoms with E-state index in [9.17, 15) is 4.79 Å². The molecule has 0 aromatic heterocycles. The summed E-state index contributed by atoms with van der Waals surface area (Å²) in [5.74, 6) is 1.23. The molecule has 2 atom stereocenters. The molecule has 1 amide bonds. The maximum absolute atomic E-state index is 12.3. The van der Waals surface area contributed by atoms with Gasteiger partial charge in [-0.15, -0.1) is 0 Å². The zero-order valence-corrected chi connectivity index (χ0v) is 12.5. The van der Waals surface area contributed by atoms with Crippen LogP contribution in [0.15, 0.2) is 24.3 Å². The molecule has 110 valence electrons. The number of fused-ring (bicyclic) bond motifs is 1. The van der Waals surface area contributed by atoms with Crippen molar-refractivity contribution in [2.45, 2.75) is 45.8 Å². The van der Waals surface area contributed by atoms with Gasteiger partial charge in [-0.25, -0.2) is 0 Å². The van der Waals surface area contributed by atoms with Crippen molar-refractivity contribution < 1.29 is 9.53 Å². The molecule has 0 saturated heterocycles. The average molecular weight is 276 g/mol. The lowest BCUT2D eigenvalue weighted by Gasteiger charge is -2.29. The lowest BCUT2D eigenvalue weighted by molar-refractivity contribution is -0.128. The number of rotatable bonds is 5. The summed E-state index contributed by atoms with van der Waals surface area (Å²) in [6.45, 7) is 6.90. The molecule has 0 fully saturated rings. The molecule has 1 aliphatic rings. The number of benzene rings is 1. The molecule has 4 heteroatoms. The van der Waals surface area contributed by atoms with Gasteiger partial charge in [0.15, 0.2) is 6.10 Å². The standard InChI is InChI=1S/C16H24N2O2/c1-4-12(5-2)11(3)18-16(19)15-10-17-13-8-6-7-9-14(13)20-15/h6-9,11-12,15,17H,4-5,10H2,1-3H3,(H,18,19). The van der Waals surface area contributed by atoms with Crippen molar-refractivity contribution in [1.82, 2.24) is 5.32 Å². The first-order valence-electron chi connectivity index (χ1n) is 7.45. The van der Waals surface area contributed by atoms with Crippen LogP contribution in [0.25, 0.3) is 0 Å². The zero-order chi connectivity index (χ0) is 14.5. The lowest BCUT2D eigenvalue weighted by atomic mass is 9.95. The third-order valence-electron chi connectivity index (χ3n) is 4.05. The third-order valence-corrected chi connectivity index (χ3v) is 4.05. The van der Waals surface area contributed by atoms with Gasteiger partial charge < -0.3 is 15.4 Å². The molecule has 1 aliphatic heterocycles. The summed E-state index contributed by atoms with van der Waals surface area (Å²) in [5, 5.41) is 6.32. The number of ether oxygens (including phenoxy) is 1. The van der Waals surface area contributed by atoms with E-state index in [1.807, 2.05) is 24.3 Å². The fourth-order valence-electron chi connectivity index (χ4n) is 2.69. The summed E-state index contributed by atoms with van der Waals surface area (Å²) < 4.78 is 5.77. The van der Waals surface area contributed by atoms with Crippen LogP contribution in [0.1, 0.15) is 33.6 Å². The Balaban J connectivity index is 1.95. The van der Waals surface area contributed by atoms with Crippen molar-refractivity contribution in [3.8, 4) is 5.75 Å². The predicted octanol–water partition coefficient (Wildman–Crippen LogP) is 2.80. The highest BCUT2D eigenvalue weighted by atomic mass is 16.5. The van der Waals surface area contributed by atoms with Gasteiger partial charge in [-0.3, -0.25) is 4.79 Å². The zero-order valence-electron chi connectivity index (χ0n) is 12.5. The van der Waals surface area contributed by atoms with E-state index in [0.29, 0.717) is 12.5 Å². The van der Waals surface area contributed by atoms with E-state index >= 15 is 0 Å². The molecule has 2 N–H and O–H groups in total. The summed E-state index contributed by atoms with van der Waals surface area (Å²) in [4.78, 5) is 12.3. The highest BCUT2D eigenvalue weighted by Gasteiger charge is 2.27. The molecule has 2 rings (SSSR count). The molecule has 1 heterocycles. The first-order valence-corrected chi connectivity index (χ1v) is 7.45. The van der Waals surface area contributed by atoms with E-state index in [-0.39, 0.29) is 11.9 Å². The van der Waals surface area contributed by atoms with Crippen molar-refractivity contribution in [2.24, 2.45) is 5.92 Å². The van der Waals surface area contributed by atoms with Gasteiger partial charge in [0.1, 0.15) is 5.75 Å². The number of anilines is 1. The van der Waals surface area contributed by atoms with Gasteiger partial charge in [0, 0.05) is 6.04 Å². The lowest BCUT2D eigenvalue weighted by Crippen LogP contribution is -2.49. The Morgan fingerprint density at radius 2 is 2.10 bits per heavy atom. The number of para-hydroxylation sites is 2. The Labute approximate surface area is 120 Å². The van der Waals surface area contributed by atoms with Gasteiger partial charge in [-0.05, 0) is 25.0 Å². The molecule has 0 bridgehead atoms. The Hall–Kier alpha value is -1.71. The number of hydrogen-bond acceptors (Lipinski definition) is 3. The van der Waals surface area contributed by atoms with Crippen LogP contribution in [-0.4, -0.2) is 24.6 Å². The van der Waals surface area contributed by atoms with E-state index in [1.54, 1.807) is 0 Å². The number of nitrogens with one attached hydrogen (secondary N) is 2. The van der Waals surface area contributed by atoms with Crippen LogP contribution in [-0.2, 0) is 4.79 Å². The fourth-order valence-corrected chi connectivity index (χ4v) is 2.69. The number of hydrogen-bond donors (Lipinski definition) is 2. The van der Waals surface area contributed by atoms with Gasteiger partial charge in [-0.2, -0.15) is 0 Å². The number of amides is 1. The molecule has 0 saturated carbocycles. The number of carbonyl (C=O) groups is 1. The Morgan fingerprint density at radius 3 is 2.80 bits per heavy atom. The first kappa shape index (κ1) is 14.7. The smallest absolute Gasteiger partial charge is 0.263 e. The van der Waals surface area contributed by atoms with Crippen LogP contribution in [0.5, 0.6) is 5.75 Å². The first-order chi connectivity index (χ1) is 9.65. The van der Waals surface area contributed by atoms with E-state index in [2.05, 4.69) is 31.4 Å². The van der Waals surface area contributed by atoms with E-state index in [0.717, 1.165) is 24.3 Å². The van der Waals surface area contributed by atoms with Gasteiger partial charge in [0.2, 0.25) is 0 Å². The van der Waals surface area contributed by atoms with Crippen LogP contribution in [0.3, 0.4) is 0 Å². The van der Waals surface area contributed by atoms with Crippen molar-refractivity contribution in [2.75, 3.05) is 11.9 Å².